The number of carboxylic acids is 1. The minimum absolute atomic E-state index is 0.0311. The molecule has 0 aromatic heterocycles. The number of aliphatic carboxylic acids is 1. The lowest BCUT2D eigenvalue weighted by molar-refractivity contribution is -0.141. The monoisotopic (exact) mass is 513 g/mol. The Hall–Kier alpha value is -1.95. The van der Waals surface area contributed by atoms with Crippen LogP contribution in [0.3, 0.4) is 0 Å². The van der Waals surface area contributed by atoms with E-state index in [1.807, 2.05) is 0 Å². The van der Waals surface area contributed by atoms with Crippen molar-refractivity contribution in [2.75, 3.05) is 0 Å². The van der Waals surface area contributed by atoms with E-state index in [9.17, 15) is 24.2 Å². The summed E-state index contributed by atoms with van der Waals surface area (Å²) in [6.45, 7) is 7.13. The van der Waals surface area contributed by atoms with Crippen LogP contribution in [0.1, 0.15) is 95.3 Å². The summed E-state index contributed by atoms with van der Waals surface area (Å²) in [5, 5.41) is 23.2. The van der Waals surface area contributed by atoms with Gasteiger partial charge < -0.3 is 15.5 Å². The van der Waals surface area contributed by atoms with Crippen LogP contribution >= 0.6 is 0 Å². The third-order valence-corrected chi connectivity index (χ3v) is 11.7. The van der Waals surface area contributed by atoms with Gasteiger partial charge in [0, 0.05) is 18.0 Å². The number of carbonyl (C=O) groups is 2. The van der Waals surface area contributed by atoms with Crippen molar-refractivity contribution in [2.45, 2.75) is 97.1 Å². The molecule has 204 valence electrons. The largest absolute Gasteiger partial charge is 0.481 e. The maximum absolute atomic E-state index is 13.5. The molecular weight excluding hydrogens is 469 g/mol. The summed E-state index contributed by atoms with van der Waals surface area (Å²) in [5.74, 6) is 1.42. The average Bonchev–Trinajstić information content (AvgIpc) is 3.21. The Bertz CT molecular complexity index is 1010. The summed E-state index contributed by atoms with van der Waals surface area (Å²) >= 11 is 0. The van der Waals surface area contributed by atoms with Crippen molar-refractivity contribution in [3.05, 3.63) is 35.6 Å². The molecule has 10 atom stereocenters. The number of fused-ring (bicyclic) bond motifs is 5. The van der Waals surface area contributed by atoms with Gasteiger partial charge >= 0.3 is 5.97 Å². The van der Waals surface area contributed by atoms with Crippen LogP contribution in [0, 0.1) is 52.2 Å². The SMILES string of the molecule is C[C@H](CCC(=O)O)[C@H]1CC[C@H]2[C@@H]3[C@@H](NC(=O)c4ccc(F)cc4)C[C@@H]4C[C@H](O)CC[C@]4(C)[C@H]3CC[C@]12C. The van der Waals surface area contributed by atoms with Crippen molar-refractivity contribution in [2.24, 2.45) is 46.3 Å². The van der Waals surface area contributed by atoms with Gasteiger partial charge in [0.05, 0.1) is 6.10 Å². The molecular formula is C31H44FNO4. The third-order valence-electron chi connectivity index (χ3n) is 11.7. The smallest absolute Gasteiger partial charge is 0.303 e. The van der Waals surface area contributed by atoms with Crippen LogP contribution in [0.15, 0.2) is 24.3 Å². The molecule has 0 unspecified atom stereocenters. The van der Waals surface area contributed by atoms with Crippen LogP contribution in [0.2, 0.25) is 0 Å². The van der Waals surface area contributed by atoms with Crippen LogP contribution in [-0.4, -0.2) is 34.2 Å². The van der Waals surface area contributed by atoms with Crippen LogP contribution in [-0.2, 0) is 4.79 Å². The maximum atomic E-state index is 13.5. The number of rotatable bonds is 6. The molecule has 0 heterocycles. The standard InChI is InChI=1S/C31H44FNO4/c1-18(4-11-27(35)36)23-9-10-24-28-25(13-15-31(23,24)3)30(2)14-12-22(34)16-20(30)17-26(28)33-29(37)19-5-7-21(32)8-6-19/h5-8,18,20,22-26,28,34H,4,9-17H2,1-3H3,(H,33,37)(H,35,36)/t18-,20+,22-,23-,24+,25+,26+,28+,30+,31-/m1/s1. The zero-order valence-electron chi connectivity index (χ0n) is 22.6. The Labute approximate surface area is 220 Å². The first-order valence-corrected chi connectivity index (χ1v) is 14.5. The van der Waals surface area contributed by atoms with Gasteiger partial charge in [-0.1, -0.05) is 20.8 Å². The molecule has 1 amide bonds. The fourth-order valence-corrected chi connectivity index (χ4v) is 9.78. The number of carbonyl (C=O) groups excluding carboxylic acids is 1. The first-order valence-electron chi connectivity index (χ1n) is 14.5. The minimum Gasteiger partial charge on any atom is -0.481 e. The zero-order chi connectivity index (χ0) is 26.5. The molecule has 6 heteroatoms. The average molecular weight is 514 g/mol. The van der Waals surface area contributed by atoms with Crippen molar-refractivity contribution in [3.8, 4) is 0 Å². The zero-order valence-corrected chi connectivity index (χ0v) is 22.6. The number of amides is 1. The number of benzene rings is 1. The Morgan fingerprint density at radius 1 is 1.03 bits per heavy atom. The highest BCUT2D eigenvalue weighted by atomic mass is 19.1. The number of nitrogens with one attached hydrogen (secondary N) is 1. The summed E-state index contributed by atoms with van der Waals surface area (Å²) in [6.07, 6.45) is 8.82. The number of carboxylic acid groups (broad SMARTS) is 1. The number of hydrogen-bond acceptors (Lipinski definition) is 3. The molecule has 3 N–H and O–H groups in total. The topological polar surface area (TPSA) is 86.6 Å². The summed E-state index contributed by atoms with van der Waals surface area (Å²) in [7, 11) is 0. The number of halogens is 1. The molecule has 1 aromatic rings. The summed E-state index contributed by atoms with van der Waals surface area (Å²) < 4.78 is 13.5. The molecule has 0 radical (unpaired) electrons. The van der Waals surface area contributed by atoms with E-state index in [1.54, 1.807) is 12.1 Å². The molecule has 0 aliphatic heterocycles. The fraction of sp³-hybridized carbons (Fsp3) is 0.742. The van der Waals surface area contributed by atoms with E-state index in [-0.39, 0.29) is 41.1 Å². The molecule has 0 spiro atoms. The van der Waals surface area contributed by atoms with E-state index in [1.165, 1.54) is 12.1 Å². The van der Waals surface area contributed by atoms with Crippen molar-refractivity contribution >= 4 is 11.9 Å². The number of aliphatic hydroxyl groups excluding tert-OH is 1. The second-order valence-electron chi connectivity index (χ2n) is 13.4. The maximum Gasteiger partial charge on any atom is 0.303 e. The number of aliphatic hydroxyl groups is 1. The van der Waals surface area contributed by atoms with Crippen LogP contribution < -0.4 is 5.32 Å². The first-order chi connectivity index (χ1) is 17.5. The molecule has 0 bridgehead atoms. The Morgan fingerprint density at radius 3 is 2.41 bits per heavy atom. The Kier molecular flexibility index (Phi) is 7.19. The molecule has 4 aliphatic rings. The van der Waals surface area contributed by atoms with Crippen molar-refractivity contribution in [1.29, 1.82) is 0 Å². The van der Waals surface area contributed by atoms with Gasteiger partial charge in [0.15, 0.2) is 0 Å². The van der Waals surface area contributed by atoms with Crippen molar-refractivity contribution in [3.63, 3.8) is 0 Å². The van der Waals surface area contributed by atoms with Gasteiger partial charge in [-0.25, -0.2) is 4.39 Å². The molecule has 37 heavy (non-hydrogen) atoms. The second kappa shape index (κ2) is 9.98. The van der Waals surface area contributed by atoms with E-state index in [0.29, 0.717) is 41.1 Å². The third kappa shape index (κ3) is 4.72. The van der Waals surface area contributed by atoms with Gasteiger partial charge in [-0.15, -0.1) is 0 Å². The van der Waals surface area contributed by atoms with Crippen molar-refractivity contribution < 1.29 is 24.2 Å². The van der Waals surface area contributed by atoms with Gasteiger partial charge in [-0.05, 0) is 128 Å². The van der Waals surface area contributed by atoms with Crippen molar-refractivity contribution in [1.82, 2.24) is 5.32 Å². The Balaban J connectivity index is 1.44. The minimum atomic E-state index is -0.718. The lowest BCUT2D eigenvalue weighted by Crippen LogP contribution is -2.62. The van der Waals surface area contributed by atoms with Crippen LogP contribution in [0.4, 0.5) is 4.39 Å². The molecule has 4 saturated carbocycles. The molecule has 0 saturated heterocycles. The summed E-state index contributed by atoms with van der Waals surface area (Å²) in [4.78, 5) is 24.6. The molecule has 4 fully saturated rings. The fourth-order valence-electron chi connectivity index (χ4n) is 9.78. The van der Waals surface area contributed by atoms with Gasteiger partial charge in [-0.3, -0.25) is 9.59 Å². The Morgan fingerprint density at radius 2 is 1.70 bits per heavy atom. The first kappa shape index (κ1) is 26.6. The van der Waals surface area contributed by atoms with Gasteiger partial charge in [0.2, 0.25) is 0 Å². The second-order valence-corrected chi connectivity index (χ2v) is 13.4. The summed E-state index contributed by atoms with van der Waals surface area (Å²) in [6, 6.07) is 5.82. The van der Waals surface area contributed by atoms with E-state index in [2.05, 4.69) is 26.1 Å². The predicted octanol–water partition coefficient (Wildman–Crippen LogP) is 6.05. The molecule has 5 rings (SSSR count). The predicted molar refractivity (Wildman–Crippen MR) is 140 cm³/mol. The van der Waals surface area contributed by atoms with Gasteiger partial charge in [0.25, 0.3) is 5.91 Å². The molecule has 1 aromatic carbocycles. The van der Waals surface area contributed by atoms with E-state index in [0.717, 1.165) is 57.8 Å². The molecule has 4 aliphatic carbocycles. The van der Waals surface area contributed by atoms with E-state index >= 15 is 0 Å². The normalized spacial score (nSPS) is 41.7. The number of hydrogen-bond donors (Lipinski definition) is 3. The highest BCUT2D eigenvalue weighted by Gasteiger charge is 2.63. The quantitative estimate of drug-likeness (QED) is 0.432. The van der Waals surface area contributed by atoms with E-state index < -0.39 is 5.97 Å². The highest BCUT2D eigenvalue weighted by Crippen LogP contribution is 2.68. The molecule has 5 nitrogen and oxygen atoms in total. The lowest BCUT2D eigenvalue weighted by Gasteiger charge is -2.63. The lowest BCUT2D eigenvalue weighted by atomic mass is 9.43. The summed E-state index contributed by atoms with van der Waals surface area (Å²) in [5.41, 5.74) is 0.810. The van der Waals surface area contributed by atoms with Crippen LogP contribution in [0.5, 0.6) is 0 Å². The highest BCUT2D eigenvalue weighted by molar-refractivity contribution is 5.94. The van der Waals surface area contributed by atoms with Crippen LogP contribution in [0.25, 0.3) is 0 Å². The van der Waals surface area contributed by atoms with Gasteiger partial charge in [0.1, 0.15) is 5.82 Å². The van der Waals surface area contributed by atoms with Gasteiger partial charge in [-0.2, -0.15) is 0 Å². The van der Waals surface area contributed by atoms with E-state index in [4.69, 9.17) is 0 Å².